The Bertz CT molecular complexity index is 1030. The summed E-state index contributed by atoms with van der Waals surface area (Å²) in [5.41, 5.74) is 2.75. The molecule has 3 rings (SSSR count). The molecule has 0 aliphatic rings. The van der Waals surface area contributed by atoms with E-state index in [-0.39, 0.29) is 5.91 Å². The van der Waals surface area contributed by atoms with Crippen molar-refractivity contribution in [3.05, 3.63) is 71.6 Å². The van der Waals surface area contributed by atoms with Gasteiger partial charge in [-0.1, -0.05) is 11.1 Å². The van der Waals surface area contributed by atoms with Gasteiger partial charge in [-0.25, -0.2) is 0 Å². The van der Waals surface area contributed by atoms with Crippen molar-refractivity contribution in [3.8, 4) is 18.1 Å². The van der Waals surface area contributed by atoms with E-state index in [0.717, 1.165) is 11.3 Å². The van der Waals surface area contributed by atoms with Crippen LogP contribution < -0.4 is 10.1 Å². The summed E-state index contributed by atoms with van der Waals surface area (Å²) in [6.07, 6.45) is 6.91. The zero-order valence-corrected chi connectivity index (χ0v) is 16.3. The summed E-state index contributed by atoms with van der Waals surface area (Å²) < 4.78 is 10.7. The number of rotatable bonds is 7. The van der Waals surface area contributed by atoms with Crippen molar-refractivity contribution in [2.24, 2.45) is 4.99 Å². The fourth-order valence-electron chi connectivity index (χ4n) is 2.63. The Morgan fingerprint density at radius 2 is 2.00 bits per heavy atom. The van der Waals surface area contributed by atoms with Crippen LogP contribution in [0.4, 0.5) is 11.4 Å². The highest BCUT2D eigenvalue weighted by atomic mass is 16.5. The highest BCUT2D eigenvalue weighted by Gasteiger charge is 2.23. The molecule has 2 aromatic carbocycles. The van der Waals surface area contributed by atoms with Crippen LogP contribution in [0, 0.1) is 19.3 Å². The summed E-state index contributed by atoms with van der Waals surface area (Å²) in [4.78, 5) is 17.3. The number of anilines is 1. The molecule has 1 aromatic heterocycles. The summed E-state index contributed by atoms with van der Waals surface area (Å²) in [5.74, 6) is 2.69. The van der Waals surface area contributed by atoms with Gasteiger partial charge in [-0.2, -0.15) is 0 Å². The van der Waals surface area contributed by atoms with E-state index >= 15 is 0 Å². The molecule has 1 unspecified atom stereocenters. The van der Waals surface area contributed by atoms with Crippen molar-refractivity contribution in [1.82, 2.24) is 5.16 Å². The first-order valence-electron chi connectivity index (χ1n) is 9.17. The minimum absolute atomic E-state index is 0.288. The van der Waals surface area contributed by atoms with E-state index in [1.54, 1.807) is 43.5 Å². The number of aryl methyl sites for hydroxylation is 1. The number of amides is 1. The molecule has 0 bridgehead atoms. The molecule has 29 heavy (non-hydrogen) atoms. The van der Waals surface area contributed by atoms with Gasteiger partial charge in [0.1, 0.15) is 11.7 Å². The van der Waals surface area contributed by atoms with Gasteiger partial charge in [-0.15, -0.1) is 6.42 Å². The van der Waals surface area contributed by atoms with Gasteiger partial charge in [0.25, 0.3) is 0 Å². The number of aliphatic imine (C=N–C) groups is 1. The third-order valence-corrected chi connectivity index (χ3v) is 4.07. The van der Waals surface area contributed by atoms with Gasteiger partial charge in [0.05, 0.1) is 18.0 Å². The van der Waals surface area contributed by atoms with E-state index in [2.05, 4.69) is 21.4 Å². The lowest BCUT2D eigenvalue weighted by atomic mass is 10.1. The lowest BCUT2D eigenvalue weighted by Crippen LogP contribution is -2.22. The average Bonchev–Trinajstić information content (AvgIpc) is 3.16. The molecule has 1 heterocycles. The maximum absolute atomic E-state index is 12.9. The van der Waals surface area contributed by atoms with Crippen molar-refractivity contribution in [2.75, 3.05) is 11.9 Å². The summed E-state index contributed by atoms with van der Waals surface area (Å²) in [6, 6.07) is 16.0. The summed E-state index contributed by atoms with van der Waals surface area (Å²) >= 11 is 0. The minimum Gasteiger partial charge on any atom is -0.494 e. The molecule has 6 nitrogen and oxygen atoms in total. The Balaban J connectivity index is 1.80. The molecule has 0 saturated carbocycles. The minimum atomic E-state index is -0.741. The maximum atomic E-state index is 12.9. The second kappa shape index (κ2) is 9.38. The van der Waals surface area contributed by atoms with Crippen LogP contribution >= 0.6 is 0 Å². The van der Waals surface area contributed by atoms with Gasteiger partial charge >= 0.3 is 0 Å². The molecular formula is C23H21N3O3. The van der Waals surface area contributed by atoms with Gasteiger partial charge in [0.15, 0.2) is 5.76 Å². The monoisotopic (exact) mass is 387 g/mol. The lowest BCUT2D eigenvalue weighted by molar-refractivity contribution is -0.116. The van der Waals surface area contributed by atoms with E-state index in [1.807, 2.05) is 31.2 Å². The molecular weight excluding hydrogens is 366 g/mol. The molecule has 3 aromatic rings. The Hall–Kier alpha value is -3.85. The van der Waals surface area contributed by atoms with E-state index < -0.39 is 5.92 Å². The van der Waals surface area contributed by atoms with Crippen LogP contribution in [-0.4, -0.2) is 23.9 Å². The Morgan fingerprint density at radius 3 is 2.59 bits per heavy atom. The third-order valence-electron chi connectivity index (χ3n) is 4.07. The first kappa shape index (κ1) is 19.9. The maximum Gasteiger partial charge on any atom is 0.240 e. The standard InChI is InChI=1S/C23H21N3O3/c1-4-17-6-8-19(9-7-17)25-23(27)21(22-14-16(3)26-29-22)15-24-18-10-12-20(13-11-18)28-5-2/h1,6-15,21H,5H2,2-3H3,(H,25,27). The number of nitrogens with one attached hydrogen (secondary N) is 1. The van der Waals surface area contributed by atoms with Crippen LogP contribution in [0.15, 0.2) is 64.1 Å². The van der Waals surface area contributed by atoms with Gasteiger partial charge in [0, 0.05) is 23.5 Å². The normalized spacial score (nSPS) is 11.8. The summed E-state index contributed by atoms with van der Waals surface area (Å²) in [6.45, 7) is 4.32. The molecule has 6 heteroatoms. The van der Waals surface area contributed by atoms with Gasteiger partial charge in [-0.05, 0) is 62.4 Å². The number of carbonyl (C=O) groups excluding carboxylic acids is 1. The van der Waals surface area contributed by atoms with Crippen molar-refractivity contribution >= 4 is 23.5 Å². The molecule has 1 N–H and O–H groups in total. The first-order valence-corrected chi connectivity index (χ1v) is 9.17. The Morgan fingerprint density at radius 1 is 1.28 bits per heavy atom. The largest absolute Gasteiger partial charge is 0.494 e. The molecule has 0 aliphatic heterocycles. The zero-order valence-electron chi connectivity index (χ0n) is 16.3. The third kappa shape index (κ3) is 5.33. The summed E-state index contributed by atoms with van der Waals surface area (Å²) in [5, 5.41) is 6.74. The SMILES string of the molecule is C#Cc1ccc(NC(=O)C(C=Nc2ccc(OCC)cc2)c2cc(C)no2)cc1. The number of aromatic nitrogens is 1. The molecule has 0 radical (unpaired) electrons. The fourth-order valence-corrected chi connectivity index (χ4v) is 2.63. The van der Waals surface area contributed by atoms with Crippen LogP contribution in [0.5, 0.6) is 5.75 Å². The topological polar surface area (TPSA) is 76.7 Å². The predicted molar refractivity (Wildman–Crippen MR) is 113 cm³/mol. The van der Waals surface area contributed by atoms with Crippen LogP contribution in [-0.2, 0) is 4.79 Å². The highest BCUT2D eigenvalue weighted by Crippen LogP contribution is 2.22. The van der Waals surface area contributed by atoms with E-state index in [0.29, 0.717) is 29.4 Å². The van der Waals surface area contributed by atoms with Gasteiger partial charge in [0.2, 0.25) is 5.91 Å². The number of benzene rings is 2. The smallest absolute Gasteiger partial charge is 0.240 e. The molecule has 1 amide bonds. The van der Waals surface area contributed by atoms with Crippen molar-refractivity contribution in [2.45, 2.75) is 19.8 Å². The van der Waals surface area contributed by atoms with Crippen molar-refractivity contribution in [3.63, 3.8) is 0 Å². The number of carbonyl (C=O) groups is 1. The number of hydrogen-bond donors (Lipinski definition) is 1. The van der Waals surface area contributed by atoms with E-state index in [1.165, 1.54) is 0 Å². The van der Waals surface area contributed by atoms with Crippen LogP contribution in [0.25, 0.3) is 0 Å². The Labute approximate surface area is 169 Å². The first-order chi connectivity index (χ1) is 14.1. The fraction of sp³-hybridized carbons (Fsp3) is 0.174. The molecule has 0 spiro atoms. The highest BCUT2D eigenvalue weighted by molar-refractivity contribution is 6.06. The van der Waals surface area contributed by atoms with Crippen LogP contribution in [0.1, 0.15) is 29.9 Å². The number of hydrogen-bond acceptors (Lipinski definition) is 5. The molecule has 146 valence electrons. The summed E-state index contributed by atoms with van der Waals surface area (Å²) in [7, 11) is 0. The quantitative estimate of drug-likeness (QED) is 0.479. The number of nitrogens with zero attached hydrogens (tertiary/aromatic N) is 2. The van der Waals surface area contributed by atoms with Crippen LogP contribution in [0.2, 0.25) is 0 Å². The van der Waals surface area contributed by atoms with E-state index in [9.17, 15) is 4.79 Å². The van der Waals surface area contributed by atoms with Crippen LogP contribution in [0.3, 0.4) is 0 Å². The molecule has 1 atom stereocenters. The average molecular weight is 387 g/mol. The second-order valence-corrected chi connectivity index (χ2v) is 6.26. The van der Waals surface area contributed by atoms with Crippen molar-refractivity contribution in [1.29, 1.82) is 0 Å². The van der Waals surface area contributed by atoms with Gasteiger partial charge in [-0.3, -0.25) is 9.79 Å². The van der Waals surface area contributed by atoms with E-state index in [4.69, 9.17) is 15.7 Å². The predicted octanol–water partition coefficient (Wildman–Crippen LogP) is 4.49. The number of ether oxygens (including phenoxy) is 1. The number of terminal acetylenes is 1. The lowest BCUT2D eigenvalue weighted by Gasteiger charge is -2.10. The van der Waals surface area contributed by atoms with Crippen molar-refractivity contribution < 1.29 is 14.1 Å². The molecule has 0 fully saturated rings. The molecule has 0 aliphatic carbocycles. The Kier molecular flexibility index (Phi) is 6.43. The molecule has 0 saturated heterocycles. The second-order valence-electron chi connectivity index (χ2n) is 6.26. The van der Waals surface area contributed by atoms with Gasteiger partial charge < -0.3 is 14.6 Å². The zero-order chi connectivity index (χ0) is 20.6.